The van der Waals surface area contributed by atoms with E-state index in [0.717, 1.165) is 12.2 Å². The molecule has 0 aliphatic heterocycles. The molecule has 0 spiro atoms. The summed E-state index contributed by atoms with van der Waals surface area (Å²) in [6.07, 6.45) is 0.974. The SMILES string of the molecule is CC[C@H](C)NC(=O)[C@H](C)SCc1ccccc1. The Bertz CT molecular complexity index is 339. The van der Waals surface area contributed by atoms with Crippen LogP contribution in [0.1, 0.15) is 32.8 Å². The third kappa shape index (κ3) is 5.26. The molecule has 0 radical (unpaired) electrons. The fraction of sp³-hybridized carbons (Fsp3) is 0.500. The average Bonchev–Trinajstić information content (AvgIpc) is 2.36. The van der Waals surface area contributed by atoms with E-state index in [1.165, 1.54) is 5.56 Å². The van der Waals surface area contributed by atoms with Gasteiger partial charge in [0.05, 0.1) is 5.25 Å². The van der Waals surface area contributed by atoms with E-state index >= 15 is 0 Å². The monoisotopic (exact) mass is 251 g/mol. The molecule has 0 unspecified atom stereocenters. The fourth-order valence-electron chi connectivity index (χ4n) is 1.33. The first-order valence-corrected chi connectivity index (χ1v) is 7.14. The number of rotatable bonds is 6. The molecule has 1 aromatic carbocycles. The molecule has 0 saturated heterocycles. The normalized spacial score (nSPS) is 14.1. The molecular formula is C14H21NOS. The standard InChI is InChI=1S/C14H21NOS/c1-4-11(2)15-14(16)12(3)17-10-13-8-6-5-7-9-13/h5-9,11-12H,4,10H2,1-3H3,(H,15,16)/t11-,12-/m0/s1. The highest BCUT2D eigenvalue weighted by Gasteiger charge is 2.14. The molecule has 1 rings (SSSR count). The summed E-state index contributed by atoms with van der Waals surface area (Å²) in [5.74, 6) is 1.02. The fourth-order valence-corrected chi connectivity index (χ4v) is 2.19. The van der Waals surface area contributed by atoms with Gasteiger partial charge in [-0.15, -0.1) is 11.8 Å². The van der Waals surface area contributed by atoms with Crippen molar-refractivity contribution in [1.82, 2.24) is 5.32 Å². The van der Waals surface area contributed by atoms with Crippen molar-refractivity contribution in [3.8, 4) is 0 Å². The summed E-state index contributed by atoms with van der Waals surface area (Å²) >= 11 is 1.68. The minimum Gasteiger partial charge on any atom is -0.353 e. The second kappa shape index (κ2) is 7.38. The van der Waals surface area contributed by atoms with Gasteiger partial charge in [0, 0.05) is 11.8 Å². The van der Waals surface area contributed by atoms with Gasteiger partial charge in [0.2, 0.25) is 5.91 Å². The van der Waals surface area contributed by atoms with E-state index in [2.05, 4.69) is 24.4 Å². The van der Waals surface area contributed by atoms with Crippen LogP contribution in [0.4, 0.5) is 0 Å². The number of benzene rings is 1. The lowest BCUT2D eigenvalue weighted by Crippen LogP contribution is -2.37. The van der Waals surface area contributed by atoms with Gasteiger partial charge in [-0.1, -0.05) is 37.3 Å². The maximum atomic E-state index is 11.8. The van der Waals surface area contributed by atoms with Crippen LogP contribution in [0.2, 0.25) is 0 Å². The number of carbonyl (C=O) groups excluding carboxylic acids is 1. The summed E-state index contributed by atoms with van der Waals surface area (Å²) in [6.45, 7) is 6.07. The summed E-state index contributed by atoms with van der Waals surface area (Å²) in [4.78, 5) is 11.8. The highest BCUT2D eigenvalue weighted by molar-refractivity contribution is 7.99. The van der Waals surface area contributed by atoms with Gasteiger partial charge in [0.1, 0.15) is 0 Å². The minimum atomic E-state index is 0.00389. The first-order valence-electron chi connectivity index (χ1n) is 6.09. The zero-order valence-corrected chi connectivity index (χ0v) is 11.6. The van der Waals surface area contributed by atoms with Crippen molar-refractivity contribution in [2.45, 2.75) is 44.2 Å². The van der Waals surface area contributed by atoms with Gasteiger partial charge in [-0.25, -0.2) is 0 Å². The molecule has 0 aliphatic rings. The van der Waals surface area contributed by atoms with E-state index in [-0.39, 0.29) is 17.2 Å². The Labute approximate surface area is 108 Å². The van der Waals surface area contributed by atoms with Gasteiger partial charge in [0.15, 0.2) is 0 Å². The van der Waals surface area contributed by atoms with Crippen LogP contribution in [0, 0.1) is 0 Å². The molecule has 17 heavy (non-hydrogen) atoms. The van der Waals surface area contributed by atoms with E-state index < -0.39 is 0 Å². The van der Waals surface area contributed by atoms with E-state index in [1.54, 1.807) is 11.8 Å². The van der Waals surface area contributed by atoms with E-state index in [0.29, 0.717) is 0 Å². The van der Waals surface area contributed by atoms with Crippen molar-refractivity contribution in [3.05, 3.63) is 35.9 Å². The van der Waals surface area contributed by atoms with Crippen LogP contribution in [0.15, 0.2) is 30.3 Å². The zero-order valence-electron chi connectivity index (χ0n) is 10.8. The lowest BCUT2D eigenvalue weighted by molar-refractivity contribution is -0.120. The van der Waals surface area contributed by atoms with Crippen LogP contribution in [-0.4, -0.2) is 17.2 Å². The van der Waals surface area contributed by atoms with Crippen LogP contribution >= 0.6 is 11.8 Å². The van der Waals surface area contributed by atoms with Crippen molar-refractivity contribution in [3.63, 3.8) is 0 Å². The Kier molecular flexibility index (Phi) is 6.12. The molecule has 1 N–H and O–H groups in total. The number of thioether (sulfide) groups is 1. The Hall–Kier alpha value is -0.960. The van der Waals surface area contributed by atoms with Crippen molar-refractivity contribution in [2.24, 2.45) is 0 Å². The Morgan fingerprint density at radius 2 is 1.94 bits per heavy atom. The molecule has 2 atom stereocenters. The zero-order chi connectivity index (χ0) is 12.7. The molecule has 2 nitrogen and oxygen atoms in total. The Balaban J connectivity index is 2.34. The maximum absolute atomic E-state index is 11.8. The van der Waals surface area contributed by atoms with Gasteiger partial charge in [0.25, 0.3) is 0 Å². The largest absolute Gasteiger partial charge is 0.353 e. The lowest BCUT2D eigenvalue weighted by Gasteiger charge is -2.15. The van der Waals surface area contributed by atoms with E-state index in [1.807, 2.05) is 32.0 Å². The van der Waals surface area contributed by atoms with Crippen molar-refractivity contribution in [2.75, 3.05) is 0 Å². The molecule has 94 valence electrons. The second-order valence-electron chi connectivity index (χ2n) is 4.26. The molecule has 1 aromatic rings. The van der Waals surface area contributed by atoms with Crippen LogP contribution in [0.25, 0.3) is 0 Å². The third-order valence-electron chi connectivity index (χ3n) is 2.71. The summed E-state index contributed by atoms with van der Waals surface area (Å²) < 4.78 is 0. The predicted molar refractivity (Wildman–Crippen MR) is 75.1 cm³/mol. The summed E-state index contributed by atoms with van der Waals surface area (Å²) in [5, 5.41) is 3.01. The number of amides is 1. The summed E-state index contributed by atoms with van der Waals surface area (Å²) in [5.41, 5.74) is 1.26. The van der Waals surface area contributed by atoms with Gasteiger partial charge in [-0.2, -0.15) is 0 Å². The molecule has 0 aliphatic carbocycles. The van der Waals surface area contributed by atoms with E-state index in [4.69, 9.17) is 0 Å². The summed E-state index contributed by atoms with van der Waals surface area (Å²) in [6, 6.07) is 10.5. The van der Waals surface area contributed by atoms with E-state index in [9.17, 15) is 4.79 Å². The van der Waals surface area contributed by atoms with Crippen molar-refractivity contribution < 1.29 is 4.79 Å². The van der Waals surface area contributed by atoms with Gasteiger partial charge in [-0.3, -0.25) is 4.79 Å². The lowest BCUT2D eigenvalue weighted by atomic mass is 10.2. The molecule has 0 bridgehead atoms. The molecular weight excluding hydrogens is 230 g/mol. The number of hydrogen-bond donors (Lipinski definition) is 1. The minimum absolute atomic E-state index is 0.00389. The topological polar surface area (TPSA) is 29.1 Å². The molecule has 0 aromatic heterocycles. The molecule has 0 fully saturated rings. The molecule has 1 amide bonds. The van der Waals surface area contributed by atoms with Gasteiger partial charge >= 0.3 is 0 Å². The Morgan fingerprint density at radius 1 is 1.29 bits per heavy atom. The molecule has 0 saturated carbocycles. The quantitative estimate of drug-likeness (QED) is 0.841. The highest BCUT2D eigenvalue weighted by Crippen LogP contribution is 2.17. The smallest absolute Gasteiger partial charge is 0.233 e. The third-order valence-corrected chi connectivity index (χ3v) is 3.93. The van der Waals surface area contributed by atoms with Gasteiger partial charge < -0.3 is 5.32 Å². The van der Waals surface area contributed by atoms with Crippen LogP contribution in [-0.2, 0) is 10.5 Å². The maximum Gasteiger partial charge on any atom is 0.233 e. The number of nitrogens with one attached hydrogen (secondary N) is 1. The highest BCUT2D eigenvalue weighted by atomic mass is 32.2. The molecule has 3 heteroatoms. The van der Waals surface area contributed by atoms with Crippen LogP contribution in [0.3, 0.4) is 0 Å². The van der Waals surface area contributed by atoms with Crippen molar-refractivity contribution >= 4 is 17.7 Å². The average molecular weight is 251 g/mol. The first-order chi connectivity index (χ1) is 8.13. The predicted octanol–water partition coefficient (Wildman–Crippen LogP) is 3.22. The summed E-state index contributed by atoms with van der Waals surface area (Å²) in [7, 11) is 0. The molecule has 0 heterocycles. The first kappa shape index (κ1) is 14.1. The van der Waals surface area contributed by atoms with Crippen LogP contribution in [0.5, 0.6) is 0 Å². The number of carbonyl (C=O) groups is 1. The number of hydrogen-bond acceptors (Lipinski definition) is 2. The Morgan fingerprint density at radius 3 is 2.53 bits per heavy atom. The van der Waals surface area contributed by atoms with Gasteiger partial charge in [-0.05, 0) is 25.8 Å². The van der Waals surface area contributed by atoms with Crippen molar-refractivity contribution in [1.29, 1.82) is 0 Å². The second-order valence-corrected chi connectivity index (χ2v) is 5.59. The van der Waals surface area contributed by atoms with Crippen LogP contribution < -0.4 is 5.32 Å².